The Morgan fingerprint density at radius 1 is 0.968 bits per heavy atom. The quantitative estimate of drug-likeness (QED) is 0.586. The summed E-state index contributed by atoms with van der Waals surface area (Å²) in [6.45, 7) is 1.56. The second-order valence-electron chi connectivity index (χ2n) is 7.83. The summed E-state index contributed by atoms with van der Waals surface area (Å²) in [6.07, 6.45) is -1.29. The molecule has 4 rings (SSSR count). The van der Waals surface area contributed by atoms with Crippen LogP contribution >= 0.6 is 0 Å². The van der Waals surface area contributed by atoms with Gasteiger partial charge in [-0.3, -0.25) is 4.79 Å². The molecule has 0 fully saturated rings. The van der Waals surface area contributed by atoms with E-state index in [9.17, 15) is 19.1 Å². The SMILES string of the molecule is CC(CC(=O)O)(NC(=O)OCC1c2ccccc2-c2ccccc21)c1ccccc1F. The number of hydrogen-bond acceptors (Lipinski definition) is 3. The van der Waals surface area contributed by atoms with Crippen LogP contribution in [0, 0.1) is 5.82 Å². The van der Waals surface area contributed by atoms with Crippen LogP contribution < -0.4 is 5.32 Å². The van der Waals surface area contributed by atoms with Crippen LogP contribution in [0.4, 0.5) is 9.18 Å². The van der Waals surface area contributed by atoms with E-state index in [4.69, 9.17) is 4.74 Å². The first-order valence-corrected chi connectivity index (χ1v) is 9.99. The maximum absolute atomic E-state index is 14.4. The molecule has 1 amide bonds. The molecule has 3 aromatic carbocycles. The van der Waals surface area contributed by atoms with Gasteiger partial charge in [0.2, 0.25) is 0 Å². The minimum absolute atomic E-state index is 0.0836. The molecule has 3 aromatic rings. The standard InChI is InChI=1S/C25H22FNO4/c1-25(14-23(28)29,21-12-6-7-13-22(21)26)27-24(30)31-15-20-18-10-4-2-8-16(18)17-9-3-5-11-19(17)20/h2-13,20H,14-15H2,1H3,(H,27,30)(H,28,29). The van der Waals surface area contributed by atoms with E-state index in [1.165, 1.54) is 25.1 Å². The van der Waals surface area contributed by atoms with Gasteiger partial charge in [-0.1, -0.05) is 66.7 Å². The van der Waals surface area contributed by atoms with E-state index < -0.39 is 29.8 Å². The lowest BCUT2D eigenvalue weighted by Gasteiger charge is -2.30. The average molecular weight is 419 g/mol. The fraction of sp³-hybridized carbons (Fsp3) is 0.200. The van der Waals surface area contributed by atoms with Crippen molar-refractivity contribution in [2.75, 3.05) is 6.61 Å². The molecule has 158 valence electrons. The molecule has 0 saturated carbocycles. The van der Waals surface area contributed by atoms with E-state index in [2.05, 4.69) is 5.32 Å². The molecule has 5 nitrogen and oxygen atoms in total. The van der Waals surface area contributed by atoms with Crippen molar-refractivity contribution in [1.82, 2.24) is 5.32 Å². The van der Waals surface area contributed by atoms with E-state index in [0.29, 0.717) is 0 Å². The topological polar surface area (TPSA) is 75.6 Å². The number of rotatable bonds is 6. The van der Waals surface area contributed by atoms with Crippen molar-refractivity contribution in [3.63, 3.8) is 0 Å². The summed E-state index contributed by atoms with van der Waals surface area (Å²) in [5.41, 5.74) is 2.98. The number of aliphatic carboxylic acids is 1. The Labute approximate surface area is 179 Å². The largest absolute Gasteiger partial charge is 0.481 e. The van der Waals surface area contributed by atoms with Crippen molar-refractivity contribution >= 4 is 12.1 Å². The molecule has 0 heterocycles. The first-order chi connectivity index (χ1) is 14.9. The third-order valence-electron chi connectivity index (χ3n) is 5.69. The van der Waals surface area contributed by atoms with E-state index in [1.54, 1.807) is 6.07 Å². The molecular formula is C25H22FNO4. The monoisotopic (exact) mass is 419 g/mol. The summed E-state index contributed by atoms with van der Waals surface area (Å²) in [5, 5.41) is 11.9. The first-order valence-electron chi connectivity index (χ1n) is 9.99. The Morgan fingerprint density at radius 3 is 2.10 bits per heavy atom. The number of halogens is 1. The second kappa shape index (κ2) is 8.22. The number of nitrogens with one attached hydrogen (secondary N) is 1. The molecule has 0 aromatic heterocycles. The summed E-state index contributed by atoms with van der Waals surface area (Å²) in [7, 11) is 0. The van der Waals surface area contributed by atoms with E-state index in [0.717, 1.165) is 22.3 Å². The molecule has 0 spiro atoms. The molecule has 0 aliphatic heterocycles. The van der Waals surface area contributed by atoms with Gasteiger partial charge in [0.1, 0.15) is 12.4 Å². The van der Waals surface area contributed by atoms with Gasteiger partial charge in [-0.15, -0.1) is 0 Å². The van der Waals surface area contributed by atoms with Crippen molar-refractivity contribution in [1.29, 1.82) is 0 Å². The highest BCUT2D eigenvalue weighted by molar-refractivity contribution is 5.79. The number of hydrogen-bond donors (Lipinski definition) is 2. The Bertz CT molecular complexity index is 1100. The lowest BCUT2D eigenvalue weighted by molar-refractivity contribution is -0.138. The van der Waals surface area contributed by atoms with Crippen LogP contribution in [0.5, 0.6) is 0 Å². The highest BCUT2D eigenvalue weighted by Crippen LogP contribution is 2.44. The minimum atomic E-state index is -1.46. The summed E-state index contributed by atoms with van der Waals surface area (Å²) >= 11 is 0. The van der Waals surface area contributed by atoms with Crippen LogP contribution in [0.15, 0.2) is 72.8 Å². The number of ether oxygens (including phenoxy) is 1. The average Bonchev–Trinajstić information content (AvgIpc) is 3.06. The van der Waals surface area contributed by atoms with Gasteiger partial charge in [0, 0.05) is 11.5 Å². The maximum Gasteiger partial charge on any atom is 0.407 e. The summed E-state index contributed by atoms with van der Waals surface area (Å²) in [5.74, 6) is -1.88. The molecule has 1 unspecified atom stereocenters. The van der Waals surface area contributed by atoms with Crippen molar-refractivity contribution in [2.24, 2.45) is 0 Å². The van der Waals surface area contributed by atoms with Crippen molar-refractivity contribution in [3.05, 3.63) is 95.3 Å². The zero-order valence-corrected chi connectivity index (χ0v) is 17.0. The Hall–Kier alpha value is -3.67. The number of carbonyl (C=O) groups excluding carboxylic acids is 1. The van der Waals surface area contributed by atoms with Gasteiger partial charge in [-0.2, -0.15) is 0 Å². The van der Waals surface area contributed by atoms with Crippen molar-refractivity contribution in [3.8, 4) is 11.1 Å². The van der Waals surface area contributed by atoms with E-state index >= 15 is 0 Å². The highest BCUT2D eigenvalue weighted by Gasteiger charge is 2.35. The lowest BCUT2D eigenvalue weighted by atomic mass is 9.88. The van der Waals surface area contributed by atoms with Crippen LogP contribution in [0.2, 0.25) is 0 Å². The van der Waals surface area contributed by atoms with Gasteiger partial charge in [0.05, 0.1) is 12.0 Å². The number of fused-ring (bicyclic) bond motifs is 3. The zero-order valence-electron chi connectivity index (χ0n) is 17.0. The third-order valence-corrected chi connectivity index (χ3v) is 5.69. The first kappa shape index (κ1) is 20.6. The number of carboxylic acid groups (broad SMARTS) is 1. The molecule has 2 N–H and O–H groups in total. The number of carboxylic acids is 1. The summed E-state index contributed by atoms with van der Waals surface area (Å²) in [4.78, 5) is 24.1. The Kier molecular flexibility index (Phi) is 5.46. The van der Waals surface area contributed by atoms with Crippen LogP contribution in [0.25, 0.3) is 11.1 Å². The van der Waals surface area contributed by atoms with Gasteiger partial charge in [0.15, 0.2) is 0 Å². The molecule has 1 aliphatic rings. The second-order valence-corrected chi connectivity index (χ2v) is 7.83. The fourth-order valence-electron chi connectivity index (χ4n) is 4.28. The zero-order chi connectivity index (χ0) is 22.0. The smallest absolute Gasteiger partial charge is 0.407 e. The van der Waals surface area contributed by atoms with Gasteiger partial charge in [-0.05, 0) is 35.2 Å². The predicted octanol–water partition coefficient (Wildman–Crippen LogP) is 5.05. The normalized spacial score (nSPS) is 14.3. The van der Waals surface area contributed by atoms with Gasteiger partial charge < -0.3 is 15.2 Å². The van der Waals surface area contributed by atoms with E-state index in [1.807, 2.05) is 48.5 Å². The van der Waals surface area contributed by atoms with Crippen LogP contribution in [-0.4, -0.2) is 23.8 Å². The Morgan fingerprint density at radius 2 is 1.52 bits per heavy atom. The van der Waals surface area contributed by atoms with Crippen molar-refractivity contribution in [2.45, 2.75) is 24.8 Å². The van der Waals surface area contributed by atoms with Crippen LogP contribution in [0.1, 0.15) is 36.0 Å². The number of amides is 1. The molecule has 1 atom stereocenters. The van der Waals surface area contributed by atoms with Crippen molar-refractivity contribution < 1.29 is 23.8 Å². The maximum atomic E-state index is 14.4. The molecule has 31 heavy (non-hydrogen) atoms. The highest BCUT2D eigenvalue weighted by atomic mass is 19.1. The molecular weight excluding hydrogens is 397 g/mol. The lowest BCUT2D eigenvalue weighted by Crippen LogP contribution is -2.46. The fourth-order valence-corrected chi connectivity index (χ4v) is 4.28. The van der Waals surface area contributed by atoms with Crippen LogP contribution in [-0.2, 0) is 15.1 Å². The third kappa shape index (κ3) is 4.01. The van der Waals surface area contributed by atoms with E-state index in [-0.39, 0.29) is 18.1 Å². The van der Waals surface area contributed by atoms with Gasteiger partial charge in [0.25, 0.3) is 0 Å². The summed E-state index contributed by atoms with van der Waals surface area (Å²) in [6, 6.07) is 21.7. The number of alkyl carbamates (subject to hydrolysis) is 1. The number of carbonyl (C=O) groups is 2. The Balaban J connectivity index is 1.53. The molecule has 0 radical (unpaired) electrons. The minimum Gasteiger partial charge on any atom is -0.481 e. The van der Waals surface area contributed by atoms with Gasteiger partial charge in [-0.25, -0.2) is 9.18 Å². The number of benzene rings is 3. The van der Waals surface area contributed by atoms with Crippen LogP contribution in [0.3, 0.4) is 0 Å². The van der Waals surface area contributed by atoms with Gasteiger partial charge >= 0.3 is 12.1 Å². The molecule has 0 saturated heterocycles. The predicted molar refractivity (Wildman–Crippen MR) is 114 cm³/mol. The molecule has 1 aliphatic carbocycles. The molecule has 6 heteroatoms. The molecule has 0 bridgehead atoms. The summed E-state index contributed by atoms with van der Waals surface area (Å²) < 4.78 is 19.9.